The average molecular weight is 312 g/mol. The third-order valence-corrected chi connectivity index (χ3v) is 2.96. The fourth-order valence-corrected chi connectivity index (χ4v) is 1.91. The Morgan fingerprint density at radius 3 is 2.56 bits per heavy atom. The van der Waals surface area contributed by atoms with Gasteiger partial charge in [0.25, 0.3) is 0 Å². The minimum absolute atomic E-state index is 0.481. The van der Waals surface area contributed by atoms with E-state index in [0.717, 1.165) is 22.6 Å². The Morgan fingerprint density at radius 2 is 1.94 bits per heavy atom. The normalized spacial score (nSPS) is 10.4. The first-order valence-electron chi connectivity index (χ1n) is 5.60. The van der Waals surface area contributed by atoms with Crippen molar-refractivity contribution in [1.82, 2.24) is 15.0 Å². The molecule has 0 amide bonds. The molecule has 6 nitrogen and oxygen atoms in total. The van der Waals surface area contributed by atoms with Crippen molar-refractivity contribution in [2.75, 3.05) is 17.2 Å². The van der Waals surface area contributed by atoms with Gasteiger partial charge in [0.05, 0.1) is 12.7 Å². The lowest BCUT2D eigenvalue weighted by Crippen LogP contribution is -2.06. The van der Waals surface area contributed by atoms with Crippen LogP contribution >= 0.6 is 15.9 Å². The van der Waals surface area contributed by atoms with Gasteiger partial charge in [0.2, 0.25) is 5.89 Å². The molecule has 0 aromatic carbocycles. The number of oxazole rings is 1. The Kier molecular flexibility index (Phi) is 4.14. The summed E-state index contributed by atoms with van der Waals surface area (Å²) in [4.78, 5) is 12.4. The third-order valence-electron chi connectivity index (χ3n) is 2.21. The second-order valence-corrected chi connectivity index (χ2v) is 4.43. The second-order valence-electron chi connectivity index (χ2n) is 3.63. The van der Waals surface area contributed by atoms with Crippen LogP contribution in [0.25, 0.3) is 0 Å². The summed E-state index contributed by atoms with van der Waals surface area (Å²) in [6.07, 6.45) is 3.20. The number of nitrogens with one attached hydrogen (secondary N) is 2. The van der Waals surface area contributed by atoms with Gasteiger partial charge in [0.15, 0.2) is 0 Å². The highest BCUT2D eigenvalue weighted by atomic mass is 79.9. The van der Waals surface area contributed by atoms with E-state index in [-0.39, 0.29) is 0 Å². The number of anilines is 2. The summed E-state index contributed by atoms with van der Waals surface area (Å²) in [5, 5.41) is 6.29. The molecule has 0 spiro atoms. The molecule has 0 aliphatic rings. The molecule has 2 aromatic rings. The zero-order valence-electron chi connectivity index (χ0n) is 10.2. The van der Waals surface area contributed by atoms with Crippen LogP contribution < -0.4 is 10.6 Å². The maximum atomic E-state index is 5.37. The van der Waals surface area contributed by atoms with Crippen LogP contribution in [-0.4, -0.2) is 21.5 Å². The number of aryl methyl sites for hydroxylation is 1. The van der Waals surface area contributed by atoms with Crippen molar-refractivity contribution in [1.29, 1.82) is 0 Å². The molecule has 0 unspecified atom stereocenters. The second kappa shape index (κ2) is 5.81. The molecule has 0 saturated heterocycles. The highest BCUT2D eigenvalue weighted by Crippen LogP contribution is 2.26. The van der Waals surface area contributed by atoms with Crippen molar-refractivity contribution >= 4 is 27.6 Å². The first-order chi connectivity index (χ1) is 8.70. The van der Waals surface area contributed by atoms with Gasteiger partial charge in [-0.15, -0.1) is 0 Å². The highest BCUT2D eigenvalue weighted by molar-refractivity contribution is 9.10. The average Bonchev–Trinajstić information content (AvgIpc) is 2.77. The topological polar surface area (TPSA) is 75.9 Å². The molecule has 0 aliphatic heterocycles. The maximum Gasteiger partial charge on any atom is 0.213 e. The van der Waals surface area contributed by atoms with Gasteiger partial charge in [0, 0.05) is 6.54 Å². The number of rotatable bonds is 5. The molecule has 0 aliphatic carbocycles. The molecule has 7 heteroatoms. The van der Waals surface area contributed by atoms with Crippen LogP contribution in [0.15, 0.2) is 21.4 Å². The molecule has 18 heavy (non-hydrogen) atoms. The standard InChI is InChI=1S/C11H14BrN5O/c1-3-13-10-9(12)11(17-6-16-10)15-5-8-14-4-7(2)18-8/h4,6H,3,5H2,1-2H3,(H2,13,15,16,17). The predicted octanol–water partition coefficient (Wildman–Crippen LogP) is 2.58. The zero-order chi connectivity index (χ0) is 13.0. The predicted molar refractivity (Wildman–Crippen MR) is 72.5 cm³/mol. The number of hydrogen-bond acceptors (Lipinski definition) is 6. The van der Waals surface area contributed by atoms with E-state index in [1.807, 2.05) is 13.8 Å². The van der Waals surface area contributed by atoms with Gasteiger partial charge < -0.3 is 15.1 Å². The van der Waals surface area contributed by atoms with Crippen LogP contribution in [0.2, 0.25) is 0 Å². The Balaban J connectivity index is 2.07. The SMILES string of the molecule is CCNc1ncnc(NCc2ncc(C)o2)c1Br. The van der Waals surface area contributed by atoms with E-state index >= 15 is 0 Å². The van der Waals surface area contributed by atoms with Gasteiger partial charge in [-0.05, 0) is 29.8 Å². The summed E-state index contributed by atoms with van der Waals surface area (Å²) in [5.74, 6) is 2.89. The quantitative estimate of drug-likeness (QED) is 0.884. The van der Waals surface area contributed by atoms with Gasteiger partial charge in [0.1, 0.15) is 28.2 Å². The summed E-state index contributed by atoms with van der Waals surface area (Å²) >= 11 is 3.46. The zero-order valence-corrected chi connectivity index (χ0v) is 11.8. The Bertz CT molecular complexity index is 528. The van der Waals surface area contributed by atoms with E-state index in [4.69, 9.17) is 4.42 Å². The fourth-order valence-electron chi connectivity index (χ4n) is 1.43. The van der Waals surface area contributed by atoms with E-state index in [0.29, 0.717) is 18.3 Å². The molecule has 2 aromatic heterocycles. The molecule has 2 rings (SSSR count). The van der Waals surface area contributed by atoms with Crippen molar-refractivity contribution in [2.45, 2.75) is 20.4 Å². The van der Waals surface area contributed by atoms with Gasteiger partial charge in [-0.25, -0.2) is 15.0 Å². The summed E-state index contributed by atoms with van der Waals surface area (Å²) in [6, 6.07) is 0. The highest BCUT2D eigenvalue weighted by Gasteiger charge is 2.08. The summed E-state index contributed by atoms with van der Waals surface area (Å²) in [7, 11) is 0. The van der Waals surface area contributed by atoms with Crippen LogP contribution in [0.5, 0.6) is 0 Å². The Hall–Kier alpha value is -1.63. The van der Waals surface area contributed by atoms with E-state index in [1.165, 1.54) is 6.33 Å². The van der Waals surface area contributed by atoms with E-state index in [9.17, 15) is 0 Å². The minimum atomic E-state index is 0.481. The molecule has 96 valence electrons. The first kappa shape index (κ1) is 12.8. The molecule has 0 radical (unpaired) electrons. The molecule has 0 bridgehead atoms. The van der Waals surface area contributed by atoms with Crippen molar-refractivity contribution in [2.24, 2.45) is 0 Å². The van der Waals surface area contributed by atoms with Crippen LogP contribution in [0, 0.1) is 6.92 Å². The first-order valence-corrected chi connectivity index (χ1v) is 6.39. The molecule has 0 atom stereocenters. The smallest absolute Gasteiger partial charge is 0.213 e. The third kappa shape index (κ3) is 2.98. The molecule has 0 fully saturated rings. The number of halogens is 1. The number of nitrogens with zero attached hydrogens (tertiary/aromatic N) is 3. The Labute approximate surface area is 113 Å². The van der Waals surface area contributed by atoms with Gasteiger partial charge in [-0.2, -0.15) is 0 Å². The van der Waals surface area contributed by atoms with E-state index in [2.05, 4.69) is 41.5 Å². The van der Waals surface area contributed by atoms with Gasteiger partial charge >= 0.3 is 0 Å². The molecular formula is C11H14BrN5O. The van der Waals surface area contributed by atoms with Crippen LogP contribution in [0.3, 0.4) is 0 Å². The van der Waals surface area contributed by atoms with Crippen molar-refractivity contribution < 1.29 is 4.42 Å². The summed E-state index contributed by atoms with van der Waals surface area (Å²) < 4.78 is 6.18. The molecule has 0 saturated carbocycles. The van der Waals surface area contributed by atoms with E-state index in [1.54, 1.807) is 6.20 Å². The lowest BCUT2D eigenvalue weighted by Gasteiger charge is -2.09. The van der Waals surface area contributed by atoms with Crippen LogP contribution in [0.4, 0.5) is 11.6 Å². The molecule has 2 heterocycles. The number of aromatic nitrogens is 3. The summed E-state index contributed by atoms with van der Waals surface area (Å²) in [6.45, 7) is 5.15. The van der Waals surface area contributed by atoms with Crippen molar-refractivity contribution in [3.63, 3.8) is 0 Å². The fraction of sp³-hybridized carbons (Fsp3) is 0.364. The van der Waals surface area contributed by atoms with Crippen LogP contribution in [0.1, 0.15) is 18.6 Å². The number of hydrogen-bond donors (Lipinski definition) is 2. The lowest BCUT2D eigenvalue weighted by atomic mass is 10.5. The monoisotopic (exact) mass is 311 g/mol. The minimum Gasteiger partial charge on any atom is -0.444 e. The largest absolute Gasteiger partial charge is 0.444 e. The van der Waals surface area contributed by atoms with Crippen molar-refractivity contribution in [3.05, 3.63) is 28.6 Å². The molecule has 2 N–H and O–H groups in total. The van der Waals surface area contributed by atoms with Crippen LogP contribution in [-0.2, 0) is 6.54 Å². The summed E-state index contributed by atoms with van der Waals surface area (Å²) in [5.41, 5.74) is 0. The molecular weight excluding hydrogens is 298 g/mol. The van der Waals surface area contributed by atoms with Gasteiger partial charge in [-0.1, -0.05) is 0 Å². The maximum absolute atomic E-state index is 5.37. The van der Waals surface area contributed by atoms with Gasteiger partial charge in [-0.3, -0.25) is 0 Å². The van der Waals surface area contributed by atoms with Crippen molar-refractivity contribution in [3.8, 4) is 0 Å². The Morgan fingerprint density at radius 1 is 1.22 bits per heavy atom. The van der Waals surface area contributed by atoms with E-state index < -0.39 is 0 Å². The lowest BCUT2D eigenvalue weighted by molar-refractivity contribution is 0.478.